The molecule has 1 rings (SSSR count). The highest BCUT2D eigenvalue weighted by Gasteiger charge is 1.97. The molecule has 0 aliphatic heterocycles. The van der Waals surface area contributed by atoms with Crippen molar-refractivity contribution in [2.75, 3.05) is 5.32 Å². The quantitative estimate of drug-likeness (QED) is 0.675. The summed E-state index contributed by atoms with van der Waals surface area (Å²) in [5.41, 5.74) is 1.06. The summed E-state index contributed by atoms with van der Waals surface area (Å²) in [7, 11) is 0. The molecule has 0 bridgehead atoms. The number of anilines is 1. The van der Waals surface area contributed by atoms with Crippen molar-refractivity contribution in [3.63, 3.8) is 0 Å². The molecule has 1 unspecified atom stereocenters. The van der Waals surface area contributed by atoms with E-state index in [-0.39, 0.29) is 0 Å². The summed E-state index contributed by atoms with van der Waals surface area (Å²) in [4.78, 5) is 0. The summed E-state index contributed by atoms with van der Waals surface area (Å²) >= 11 is 0. The van der Waals surface area contributed by atoms with E-state index in [2.05, 4.69) is 19.2 Å². The second kappa shape index (κ2) is 4.00. The lowest BCUT2D eigenvalue weighted by Gasteiger charge is -2.12. The zero-order chi connectivity index (χ0) is 8.97. The van der Waals surface area contributed by atoms with Gasteiger partial charge in [0.25, 0.3) is 0 Å². The molecule has 2 N–H and O–H groups in total. The molecular formula is C10H15NO. The van der Waals surface area contributed by atoms with Crippen LogP contribution in [0.5, 0.6) is 5.75 Å². The standard InChI is InChI=1S/C10H15NO/c1-3-8(2)11-9-4-6-10(12)7-5-9/h4-8,11-12H,3H2,1-2H3. The number of rotatable bonds is 3. The summed E-state index contributed by atoms with van der Waals surface area (Å²) in [5, 5.41) is 12.3. The molecule has 0 aromatic heterocycles. The molecular weight excluding hydrogens is 150 g/mol. The van der Waals surface area contributed by atoms with Crippen LogP contribution in [0.1, 0.15) is 20.3 Å². The molecule has 12 heavy (non-hydrogen) atoms. The molecule has 0 saturated carbocycles. The first-order chi connectivity index (χ1) is 5.72. The molecule has 0 aliphatic carbocycles. The van der Waals surface area contributed by atoms with Crippen LogP contribution in [0, 0.1) is 0 Å². The van der Waals surface area contributed by atoms with Gasteiger partial charge in [0.15, 0.2) is 0 Å². The van der Waals surface area contributed by atoms with Crippen molar-refractivity contribution < 1.29 is 5.11 Å². The van der Waals surface area contributed by atoms with Crippen molar-refractivity contribution in [2.45, 2.75) is 26.3 Å². The lowest BCUT2D eigenvalue weighted by molar-refractivity contribution is 0.475. The molecule has 0 radical (unpaired) electrons. The van der Waals surface area contributed by atoms with Crippen LogP contribution in [0.15, 0.2) is 24.3 Å². The lowest BCUT2D eigenvalue weighted by atomic mass is 10.2. The second-order valence-electron chi connectivity index (χ2n) is 3.00. The van der Waals surface area contributed by atoms with Crippen molar-refractivity contribution in [3.05, 3.63) is 24.3 Å². The van der Waals surface area contributed by atoms with E-state index in [0.717, 1.165) is 12.1 Å². The molecule has 0 amide bonds. The van der Waals surface area contributed by atoms with Gasteiger partial charge in [-0.25, -0.2) is 0 Å². The SMILES string of the molecule is CCC(C)Nc1ccc(O)cc1. The summed E-state index contributed by atoms with van der Waals surface area (Å²) < 4.78 is 0. The maximum Gasteiger partial charge on any atom is 0.115 e. The molecule has 66 valence electrons. The van der Waals surface area contributed by atoms with Crippen LogP contribution in [0.3, 0.4) is 0 Å². The van der Waals surface area contributed by atoms with E-state index in [9.17, 15) is 0 Å². The average Bonchev–Trinajstić information content (AvgIpc) is 2.09. The Morgan fingerprint density at radius 2 is 1.92 bits per heavy atom. The third kappa shape index (κ3) is 2.46. The lowest BCUT2D eigenvalue weighted by Crippen LogP contribution is -2.12. The number of hydrogen-bond donors (Lipinski definition) is 2. The second-order valence-corrected chi connectivity index (χ2v) is 3.00. The average molecular weight is 165 g/mol. The van der Waals surface area contributed by atoms with Gasteiger partial charge in [-0.3, -0.25) is 0 Å². The van der Waals surface area contributed by atoms with Gasteiger partial charge in [-0.05, 0) is 37.6 Å². The first-order valence-corrected chi connectivity index (χ1v) is 4.28. The summed E-state index contributed by atoms with van der Waals surface area (Å²) in [6.07, 6.45) is 1.10. The first-order valence-electron chi connectivity index (χ1n) is 4.28. The van der Waals surface area contributed by atoms with Crippen molar-refractivity contribution in [1.82, 2.24) is 0 Å². The fourth-order valence-electron chi connectivity index (χ4n) is 0.944. The Morgan fingerprint density at radius 3 is 2.42 bits per heavy atom. The van der Waals surface area contributed by atoms with E-state index in [4.69, 9.17) is 5.11 Å². The third-order valence-electron chi connectivity index (χ3n) is 1.89. The molecule has 0 spiro atoms. The van der Waals surface area contributed by atoms with Gasteiger partial charge in [-0.15, -0.1) is 0 Å². The number of nitrogens with one attached hydrogen (secondary N) is 1. The molecule has 1 aromatic rings. The van der Waals surface area contributed by atoms with Gasteiger partial charge in [0.05, 0.1) is 0 Å². The minimum Gasteiger partial charge on any atom is -0.508 e. The van der Waals surface area contributed by atoms with Gasteiger partial charge >= 0.3 is 0 Å². The van der Waals surface area contributed by atoms with Crippen molar-refractivity contribution in [3.8, 4) is 5.75 Å². The minimum atomic E-state index is 0.310. The number of hydrogen-bond acceptors (Lipinski definition) is 2. The highest BCUT2D eigenvalue weighted by Crippen LogP contribution is 2.14. The fraction of sp³-hybridized carbons (Fsp3) is 0.400. The Labute approximate surface area is 73.2 Å². The Balaban J connectivity index is 2.58. The highest BCUT2D eigenvalue weighted by molar-refractivity contribution is 5.46. The topological polar surface area (TPSA) is 32.3 Å². The number of aromatic hydroxyl groups is 1. The van der Waals surface area contributed by atoms with Gasteiger partial charge in [0.1, 0.15) is 5.75 Å². The van der Waals surface area contributed by atoms with Gasteiger partial charge < -0.3 is 10.4 Å². The van der Waals surface area contributed by atoms with Crippen LogP contribution in [0.4, 0.5) is 5.69 Å². The predicted octanol–water partition coefficient (Wildman–Crippen LogP) is 2.60. The van der Waals surface area contributed by atoms with E-state index in [1.807, 2.05) is 12.1 Å². The zero-order valence-corrected chi connectivity index (χ0v) is 7.54. The normalized spacial score (nSPS) is 12.5. The summed E-state index contributed by atoms with van der Waals surface area (Å²) in [5.74, 6) is 0.310. The molecule has 0 fully saturated rings. The Hall–Kier alpha value is -1.18. The number of phenolic OH excluding ortho intramolecular Hbond substituents is 1. The van der Waals surface area contributed by atoms with E-state index < -0.39 is 0 Å². The van der Waals surface area contributed by atoms with Crippen molar-refractivity contribution >= 4 is 5.69 Å². The number of benzene rings is 1. The van der Waals surface area contributed by atoms with Crippen LogP contribution >= 0.6 is 0 Å². The largest absolute Gasteiger partial charge is 0.508 e. The van der Waals surface area contributed by atoms with E-state index >= 15 is 0 Å². The monoisotopic (exact) mass is 165 g/mol. The van der Waals surface area contributed by atoms with E-state index in [1.165, 1.54) is 0 Å². The van der Waals surface area contributed by atoms with Crippen LogP contribution in [0.2, 0.25) is 0 Å². The predicted molar refractivity (Wildman–Crippen MR) is 51.5 cm³/mol. The van der Waals surface area contributed by atoms with Crippen molar-refractivity contribution in [1.29, 1.82) is 0 Å². The number of phenols is 1. The maximum absolute atomic E-state index is 9.02. The van der Waals surface area contributed by atoms with Crippen LogP contribution in [0.25, 0.3) is 0 Å². The Kier molecular flexibility index (Phi) is 2.97. The molecule has 1 atom stereocenters. The van der Waals surface area contributed by atoms with Crippen LogP contribution < -0.4 is 5.32 Å². The highest BCUT2D eigenvalue weighted by atomic mass is 16.3. The van der Waals surface area contributed by atoms with Gasteiger partial charge in [-0.2, -0.15) is 0 Å². The van der Waals surface area contributed by atoms with E-state index in [1.54, 1.807) is 12.1 Å². The zero-order valence-electron chi connectivity index (χ0n) is 7.54. The van der Waals surface area contributed by atoms with E-state index in [0.29, 0.717) is 11.8 Å². The molecule has 1 aromatic carbocycles. The molecule has 0 saturated heterocycles. The minimum absolute atomic E-state index is 0.310. The van der Waals surface area contributed by atoms with Crippen molar-refractivity contribution in [2.24, 2.45) is 0 Å². The molecule has 0 heterocycles. The third-order valence-corrected chi connectivity index (χ3v) is 1.89. The smallest absolute Gasteiger partial charge is 0.115 e. The first kappa shape index (κ1) is 8.91. The molecule has 0 aliphatic rings. The molecule has 2 nitrogen and oxygen atoms in total. The molecule has 2 heteroatoms. The summed E-state index contributed by atoms with van der Waals surface area (Å²) in [6, 6.07) is 7.60. The van der Waals surface area contributed by atoms with Gasteiger partial charge in [-0.1, -0.05) is 6.92 Å². The van der Waals surface area contributed by atoms with Gasteiger partial charge in [0.2, 0.25) is 0 Å². The van der Waals surface area contributed by atoms with Gasteiger partial charge in [0, 0.05) is 11.7 Å². The Bertz CT molecular complexity index is 230. The van der Waals surface area contributed by atoms with Crippen LogP contribution in [-0.2, 0) is 0 Å². The maximum atomic E-state index is 9.02. The fourth-order valence-corrected chi connectivity index (χ4v) is 0.944. The van der Waals surface area contributed by atoms with Crippen LogP contribution in [-0.4, -0.2) is 11.1 Å². The summed E-state index contributed by atoms with van der Waals surface area (Å²) in [6.45, 7) is 4.27. The Morgan fingerprint density at radius 1 is 1.33 bits per heavy atom.